The number of amides is 8. The van der Waals surface area contributed by atoms with Gasteiger partial charge < -0.3 is 75.1 Å². The van der Waals surface area contributed by atoms with Crippen molar-refractivity contribution in [2.45, 2.75) is 116 Å². The van der Waals surface area contributed by atoms with Crippen LogP contribution >= 0.6 is 0 Å². The molecule has 0 aromatic heterocycles. The molecule has 1 aromatic carbocycles. The summed E-state index contributed by atoms with van der Waals surface area (Å²) in [6.45, 7) is 9.43. The number of aliphatic imine (C=N–C) groups is 1. The number of benzene rings is 1. The van der Waals surface area contributed by atoms with Crippen molar-refractivity contribution in [2.75, 3.05) is 26.2 Å². The molecule has 0 aliphatic heterocycles. The van der Waals surface area contributed by atoms with Crippen molar-refractivity contribution in [3.8, 4) is 5.75 Å². The number of hydrogen-bond acceptors (Lipinski definition) is 13. The van der Waals surface area contributed by atoms with Crippen LogP contribution < -0.4 is 59.7 Å². The number of carbonyl (C=O) groups is 9. The molecular weight excluding hydrogens is 853 g/mol. The Hall–Kier alpha value is -6.56. The molecule has 65 heavy (non-hydrogen) atoms. The highest BCUT2D eigenvalue weighted by molar-refractivity contribution is 5.97. The summed E-state index contributed by atoms with van der Waals surface area (Å²) in [6.07, 6.45) is 0.390. The van der Waals surface area contributed by atoms with Crippen molar-refractivity contribution in [2.24, 2.45) is 39.9 Å². The van der Waals surface area contributed by atoms with Gasteiger partial charge in [0.15, 0.2) is 5.96 Å². The molecule has 8 amide bonds. The molecule has 0 bridgehead atoms. The van der Waals surface area contributed by atoms with E-state index in [1.54, 1.807) is 41.5 Å². The minimum absolute atomic E-state index is 0.0319. The number of phenols is 1. The van der Waals surface area contributed by atoms with Gasteiger partial charge >= 0.3 is 5.97 Å². The maximum atomic E-state index is 13.7. The number of rotatable bonds is 28. The number of carboxylic acid groups (broad SMARTS) is 1. The van der Waals surface area contributed by atoms with Crippen molar-refractivity contribution in [3.63, 3.8) is 0 Å². The number of aromatic hydroxyl groups is 1. The summed E-state index contributed by atoms with van der Waals surface area (Å²) in [5.74, 6) is -9.31. The fraction of sp³-hybridized carbons (Fsp3) is 0.610. The Balaban J connectivity index is 3.09. The molecule has 364 valence electrons. The van der Waals surface area contributed by atoms with Gasteiger partial charge in [0.25, 0.3) is 0 Å². The first kappa shape index (κ1) is 56.5. The van der Waals surface area contributed by atoms with Crippen LogP contribution in [-0.4, -0.2) is 143 Å². The standard InChI is InChI=1S/C41H68N12O12/c1-8-22(6)33(52-30(57)18-46-34(58)23(7)48-37(61)31(42)20(2)3)39(63)53-32(21(4)5)38(62)51-28(19-54)36(60)50-27(16-24-11-13-25(55)14-12-24)35(59)47-17-29(56)49-26(40(64)65)10-9-15-45-41(43)44/h11-14,20-23,26-28,31-33,54-55H,8-10,15-19,42H2,1-7H3,(H,46,58)(H,47,59)(H,48,61)(H,49,56)(H,50,60)(H,51,62)(H,52,57)(H,53,63)(H,64,65)(H4,43,44,45)/t22-,23-,26-,27-,28-,31-,32-,33-/m0/s1. The highest BCUT2D eigenvalue weighted by Crippen LogP contribution is 2.13. The second-order valence-corrected chi connectivity index (χ2v) is 16.2. The van der Waals surface area contributed by atoms with Gasteiger partial charge in [0.1, 0.15) is 42.0 Å². The Morgan fingerprint density at radius 1 is 0.646 bits per heavy atom. The van der Waals surface area contributed by atoms with E-state index in [9.17, 15) is 58.5 Å². The van der Waals surface area contributed by atoms with E-state index in [2.05, 4.69) is 47.5 Å². The molecule has 0 unspecified atom stereocenters. The van der Waals surface area contributed by atoms with Gasteiger partial charge in [-0.05, 0) is 55.2 Å². The summed E-state index contributed by atoms with van der Waals surface area (Å²) in [5, 5.41) is 49.0. The van der Waals surface area contributed by atoms with Crippen LogP contribution in [0.2, 0.25) is 0 Å². The third-order valence-electron chi connectivity index (χ3n) is 10.1. The van der Waals surface area contributed by atoms with Crippen LogP contribution in [0.1, 0.15) is 73.3 Å². The van der Waals surface area contributed by atoms with E-state index in [0.29, 0.717) is 12.0 Å². The van der Waals surface area contributed by atoms with Gasteiger partial charge in [0.05, 0.1) is 25.7 Å². The Labute approximate surface area is 377 Å². The lowest BCUT2D eigenvalue weighted by Crippen LogP contribution is -2.61. The Bertz CT molecular complexity index is 1820. The number of phenolic OH excluding ortho intramolecular Hbond substituents is 1. The van der Waals surface area contributed by atoms with E-state index in [1.165, 1.54) is 31.2 Å². The zero-order valence-corrected chi connectivity index (χ0v) is 37.9. The Morgan fingerprint density at radius 2 is 1.20 bits per heavy atom. The number of aliphatic hydroxyl groups is 1. The normalized spacial score (nSPS) is 14.7. The van der Waals surface area contributed by atoms with E-state index in [1.807, 2.05) is 0 Å². The van der Waals surface area contributed by atoms with Gasteiger partial charge in [0.2, 0.25) is 47.3 Å². The van der Waals surface area contributed by atoms with Gasteiger partial charge in [-0.15, -0.1) is 0 Å². The van der Waals surface area contributed by atoms with Crippen molar-refractivity contribution in [1.82, 2.24) is 42.5 Å². The summed E-state index contributed by atoms with van der Waals surface area (Å²) >= 11 is 0. The van der Waals surface area contributed by atoms with Crippen LogP contribution in [0.25, 0.3) is 0 Å². The van der Waals surface area contributed by atoms with Crippen LogP contribution in [0.3, 0.4) is 0 Å². The third kappa shape index (κ3) is 20.7. The number of aliphatic carboxylic acids is 1. The van der Waals surface area contributed by atoms with Crippen molar-refractivity contribution >= 4 is 59.2 Å². The molecule has 0 heterocycles. The highest BCUT2D eigenvalue weighted by Gasteiger charge is 2.34. The van der Waals surface area contributed by atoms with Gasteiger partial charge in [-0.2, -0.15) is 0 Å². The molecule has 0 radical (unpaired) electrons. The summed E-state index contributed by atoms with van der Waals surface area (Å²) in [4.78, 5) is 120. The van der Waals surface area contributed by atoms with E-state index in [-0.39, 0.29) is 43.4 Å². The molecule has 0 aliphatic carbocycles. The van der Waals surface area contributed by atoms with Crippen LogP contribution in [0.4, 0.5) is 0 Å². The SMILES string of the molecule is CC[C@H](C)[C@H](NC(=O)CNC(=O)[C@H](C)NC(=O)[C@@H](N)C(C)C)C(=O)N[C@H](C(=O)N[C@@H](CO)C(=O)N[C@@H](Cc1ccc(O)cc1)C(=O)NCC(=O)N[C@@H](CCCN=C(N)N)C(=O)O)C(C)C. The number of nitrogens with zero attached hydrogens (tertiary/aromatic N) is 1. The largest absolute Gasteiger partial charge is 0.508 e. The fourth-order valence-corrected chi connectivity index (χ4v) is 5.80. The van der Waals surface area contributed by atoms with Crippen LogP contribution in [-0.2, 0) is 49.6 Å². The first-order valence-electron chi connectivity index (χ1n) is 21.2. The molecule has 17 N–H and O–H groups in total. The molecule has 0 spiro atoms. The average Bonchev–Trinajstić information content (AvgIpc) is 3.24. The summed E-state index contributed by atoms with van der Waals surface area (Å²) in [5.41, 5.74) is 16.8. The Kier molecular flexibility index (Phi) is 24.6. The van der Waals surface area contributed by atoms with E-state index >= 15 is 0 Å². The average molecular weight is 921 g/mol. The van der Waals surface area contributed by atoms with Crippen LogP contribution in [0.15, 0.2) is 29.3 Å². The molecule has 8 atom stereocenters. The minimum Gasteiger partial charge on any atom is -0.508 e. The Morgan fingerprint density at radius 3 is 1.72 bits per heavy atom. The number of carboxylic acids is 1. The number of aliphatic hydroxyl groups excluding tert-OH is 1. The van der Waals surface area contributed by atoms with Gasteiger partial charge in [0, 0.05) is 13.0 Å². The van der Waals surface area contributed by atoms with Crippen molar-refractivity contribution in [1.29, 1.82) is 0 Å². The molecule has 1 rings (SSSR count). The first-order valence-corrected chi connectivity index (χ1v) is 21.2. The lowest BCUT2D eigenvalue weighted by atomic mass is 9.96. The van der Waals surface area contributed by atoms with Gasteiger partial charge in [-0.1, -0.05) is 60.1 Å². The summed E-state index contributed by atoms with van der Waals surface area (Å²) < 4.78 is 0. The maximum Gasteiger partial charge on any atom is 0.326 e. The minimum atomic E-state index is -1.67. The lowest BCUT2D eigenvalue weighted by Gasteiger charge is -2.29. The highest BCUT2D eigenvalue weighted by atomic mass is 16.4. The second kappa shape index (κ2) is 28.3. The molecule has 0 aliphatic rings. The van der Waals surface area contributed by atoms with Crippen molar-refractivity contribution < 1.29 is 58.5 Å². The zero-order chi connectivity index (χ0) is 49.6. The molecular formula is C41H68N12O12. The maximum absolute atomic E-state index is 13.7. The number of nitrogens with one attached hydrogen (secondary N) is 8. The van der Waals surface area contributed by atoms with Gasteiger partial charge in [-0.25, -0.2) is 4.79 Å². The second-order valence-electron chi connectivity index (χ2n) is 16.2. The molecule has 24 heteroatoms. The molecule has 0 saturated carbocycles. The van der Waals surface area contributed by atoms with E-state index in [0.717, 1.165) is 0 Å². The number of hydrogen-bond donors (Lipinski definition) is 14. The van der Waals surface area contributed by atoms with E-state index in [4.69, 9.17) is 17.2 Å². The zero-order valence-electron chi connectivity index (χ0n) is 37.9. The quantitative estimate of drug-likeness (QED) is 0.0216. The topological polar surface area (TPSA) is 401 Å². The lowest BCUT2D eigenvalue weighted by molar-refractivity contribution is -0.142. The first-order chi connectivity index (χ1) is 30.4. The molecule has 24 nitrogen and oxygen atoms in total. The van der Waals surface area contributed by atoms with Crippen LogP contribution in [0, 0.1) is 17.8 Å². The smallest absolute Gasteiger partial charge is 0.326 e. The summed E-state index contributed by atoms with van der Waals surface area (Å²) in [7, 11) is 0. The number of carbonyl (C=O) groups excluding carboxylic acids is 8. The molecule has 1 aromatic rings. The molecule has 0 saturated heterocycles. The number of nitrogens with two attached hydrogens (primary N) is 3. The van der Waals surface area contributed by atoms with Gasteiger partial charge in [-0.3, -0.25) is 43.3 Å². The fourth-order valence-electron chi connectivity index (χ4n) is 5.80. The predicted octanol–water partition coefficient (Wildman–Crippen LogP) is -4.09. The summed E-state index contributed by atoms with van der Waals surface area (Å²) in [6, 6.07) is -3.21. The van der Waals surface area contributed by atoms with E-state index < -0.39 is 127 Å². The monoisotopic (exact) mass is 921 g/mol. The number of guanidine groups is 1. The molecule has 0 fully saturated rings. The predicted molar refractivity (Wildman–Crippen MR) is 237 cm³/mol. The van der Waals surface area contributed by atoms with Crippen LogP contribution in [0.5, 0.6) is 5.75 Å². The van der Waals surface area contributed by atoms with Crippen molar-refractivity contribution in [3.05, 3.63) is 29.8 Å². The third-order valence-corrected chi connectivity index (χ3v) is 10.1.